The number of anilines is 1. The van der Waals surface area contributed by atoms with Gasteiger partial charge in [0.05, 0.1) is 21.8 Å². The Morgan fingerprint density at radius 1 is 1.03 bits per heavy atom. The summed E-state index contributed by atoms with van der Waals surface area (Å²) in [6.07, 6.45) is 1.42. The number of hydrogen-bond donors (Lipinski definition) is 1. The molecule has 2 heterocycles. The summed E-state index contributed by atoms with van der Waals surface area (Å²) < 4.78 is 5.30. The zero-order chi connectivity index (χ0) is 22.7. The van der Waals surface area contributed by atoms with Crippen LogP contribution >= 0.6 is 11.6 Å². The third-order valence-electron chi connectivity index (χ3n) is 4.92. The molecule has 7 heteroatoms. The average Bonchev–Trinajstić information content (AvgIpc) is 2.78. The summed E-state index contributed by atoms with van der Waals surface area (Å²) >= 11 is 5.79. The number of rotatable bonds is 5. The Balaban J connectivity index is 1.59. The van der Waals surface area contributed by atoms with E-state index in [1.807, 2.05) is 50.2 Å². The molecule has 0 saturated heterocycles. The van der Waals surface area contributed by atoms with E-state index in [9.17, 15) is 9.59 Å². The van der Waals surface area contributed by atoms with Gasteiger partial charge in [0.2, 0.25) is 0 Å². The van der Waals surface area contributed by atoms with Gasteiger partial charge in [0.1, 0.15) is 5.82 Å². The predicted octanol–water partition coefficient (Wildman–Crippen LogP) is 5.36. The summed E-state index contributed by atoms with van der Waals surface area (Å²) in [6.45, 7) is 3.59. The summed E-state index contributed by atoms with van der Waals surface area (Å²) in [7, 11) is 0. The predicted molar refractivity (Wildman–Crippen MR) is 125 cm³/mol. The van der Waals surface area contributed by atoms with E-state index in [0.29, 0.717) is 33.0 Å². The molecule has 0 atom stereocenters. The fraction of sp³-hybridized carbons (Fsp3) is 0.120. The fourth-order valence-electron chi connectivity index (χ4n) is 3.42. The number of ether oxygens (including phenoxy) is 1. The summed E-state index contributed by atoms with van der Waals surface area (Å²) in [5.74, 6) is -0.781. The van der Waals surface area contributed by atoms with Crippen molar-refractivity contribution in [3.63, 3.8) is 0 Å². The number of amides is 1. The molecule has 0 saturated carbocycles. The van der Waals surface area contributed by atoms with Gasteiger partial charge < -0.3 is 10.1 Å². The minimum Gasteiger partial charge on any atom is -0.452 e. The molecule has 0 aliphatic rings. The highest BCUT2D eigenvalue weighted by Gasteiger charge is 2.17. The van der Waals surface area contributed by atoms with Crippen LogP contribution in [0.25, 0.3) is 22.2 Å². The number of aromatic nitrogens is 2. The standard InChI is InChI=1S/C25H20ClN3O3/c1-15-7-9-18(16(2)11-15)22-12-20(19-5-3-4-6-21(19)28-22)25(31)32-14-24(30)29-23-10-8-17(26)13-27-23/h3-13H,14H2,1-2H3,(H,27,29,30). The van der Waals surface area contributed by atoms with Gasteiger partial charge in [-0.3, -0.25) is 4.79 Å². The van der Waals surface area contributed by atoms with Crippen LogP contribution in [0.2, 0.25) is 5.02 Å². The van der Waals surface area contributed by atoms with Crippen molar-refractivity contribution in [3.05, 3.63) is 88.6 Å². The van der Waals surface area contributed by atoms with Gasteiger partial charge in [-0.05, 0) is 43.7 Å². The maximum absolute atomic E-state index is 12.9. The maximum atomic E-state index is 12.9. The van der Waals surface area contributed by atoms with Crippen molar-refractivity contribution in [2.24, 2.45) is 0 Å². The summed E-state index contributed by atoms with van der Waals surface area (Å²) in [5.41, 5.74) is 4.83. The number of fused-ring (bicyclic) bond motifs is 1. The largest absolute Gasteiger partial charge is 0.452 e. The number of aryl methyl sites for hydroxylation is 2. The zero-order valence-corrected chi connectivity index (χ0v) is 18.3. The smallest absolute Gasteiger partial charge is 0.339 e. The van der Waals surface area contributed by atoms with Crippen molar-refractivity contribution in [2.45, 2.75) is 13.8 Å². The lowest BCUT2D eigenvalue weighted by atomic mass is 9.99. The number of carbonyl (C=O) groups excluding carboxylic acids is 2. The van der Waals surface area contributed by atoms with Crippen LogP contribution in [0.4, 0.5) is 5.82 Å². The number of nitrogens with one attached hydrogen (secondary N) is 1. The van der Waals surface area contributed by atoms with E-state index in [2.05, 4.69) is 16.4 Å². The quantitative estimate of drug-likeness (QED) is 0.418. The number of para-hydroxylation sites is 1. The molecule has 0 aliphatic heterocycles. The SMILES string of the molecule is Cc1ccc(-c2cc(C(=O)OCC(=O)Nc3ccc(Cl)cn3)c3ccccc3n2)c(C)c1. The molecule has 0 bridgehead atoms. The van der Waals surface area contributed by atoms with E-state index in [1.54, 1.807) is 18.2 Å². The fourth-order valence-corrected chi connectivity index (χ4v) is 3.53. The Kier molecular flexibility index (Phi) is 6.14. The lowest BCUT2D eigenvalue weighted by molar-refractivity contribution is -0.119. The molecule has 0 unspecified atom stereocenters. The second-order valence-electron chi connectivity index (χ2n) is 7.38. The molecule has 32 heavy (non-hydrogen) atoms. The molecule has 160 valence electrons. The second-order valence-corrected chi connectivity index (χ2v) is 7.81. The highest BCUT2D eigenvalue weighted by Crippen LogP contribution is 2.28. The summed E-state index contributed by atoms with van der Waals surface area (Å²) in [6, 6.07) is 18.3. The first-order valence-electron chi connectivity index (χ1n) is 9.96. The van der Waals surface area contributed by atoms with Crippen molar-refractivity contribution in [2.75, 3.05) is 11.9 Å². The van der Waals surface area contributed by atoms with Crippen molar-refractivity contribution in [3.8, 4) is 11.3 Å². The minimum absolute atomic E-state index is 0.321. The number of benzene rings is 2. The number of carbonyl (C=O) groups is 2. The van der Waals surface area contributed by atoms with Crippen LogP contribution in [0.3, 0.4) is 0 Å². The first kappa shape index (κ1) is 21.5. The number of halogens is 1. The highest BCUT2D eigenvalue weighted by atomic mass is 35.5. The van der Waals surface area contributed by atoms with Crippen molar-refractivity contribution in [1.82, 2.24) is 9.97 Å². The van der Waals surface area contributed by atoms with E-state index < -0.39 is 18.5 Å². The molecule has 0 spiro atoms. The molecule has 6 nitrogen and oxygen atoms in total. The van der Waals surface area contributed by atoms with Gasteiger partial charge in [0.25, 0.3) is 5.91 Å². The number of nitrogens with zero attached hydrogens (tertiary/aromatic N) is 2. The summed E-state index contributed by atoms with van der Waals surface area (Å²) in [5, 5.41) is 3.68. The van der Waals surface area contributed by atoms with Crippen LogP contribution in [0.15, 0.2) is 66.9 Å². The van der Waals surface area contributed by atoms with Crippen LogP contribution in [-0.4, -0.2) is 28.5 Å². The lowest BCUT2D eigenvalue weighted by Crippen LogP contribution is -2.21. The van der Waals surface area contributed by atoms with E-state index in [-0.39, 0.29) is 0 Å². The Labute approximate surface area is 190 Å². The zero-order valence-electron chi connectivity index (χ0n) is 17.6. The molecule has 4 aromatic rings. The normalized spacial score (nSPS) is 10.7. The van der Waals surface area contributed by atoms with E-state index in [1.165, 1.54) is 6.20 Å². The highest BCUT2D eigenvalue weighted by molar-refractivity contribution is 6.30. The molecule has 1 N–H and O–H groups in total. The van der Waals surface area contributed by atoms with Gasteiger partial charge in [-0.2, -0.15) is 0 Å². The Morgan fingerprint density at radius 2 is 1.84 bits per heavy atom. The monoisotopic (exact) mass is 445 g/mol. The third kappa shape index (κ3) is 4.76. The van der Waals surface area contributed by atoms with Crippen LogP contribution in [0.5, 0.6) is 0 Å². The topological polar surface area (TPSA) is 81.2 Å². The van der Waals surface area contributed by atoms with Crippen molar-refractivity contribution < 1.29 is 14.3 Å². The van der Waals surface area contributed by atoms with Gasteiger partial charge in [-0.1, -0.05) is 53.6 Å². The molecular formula is C25H20ClN3O3. The molecule has 0 aliphatic carbocycles. The van der Waals surface area contributed by atoms with Crippen LogP contribution in [0, 0.1) is 13.8 Å². The lowest BCUT2D eigenvalue weighted by Gasteiger charge is -2.12. The Bertz CT molecular complexity index is 1320. The number of hydrogen-bond acceptors (Lipinski definition) is 5. The van der Waals surface area contributed by atoms with Gasteiger partial charge >= 0.3 is 5.97 Å². The second kappa shape index (κ2) is 9.16. The van der Waals surface area contributed by atoms with Gasteiger partial charge in [-0.25, -0.2) is 14.8 Å². The van der Waals surface area contributed by atoms with E-state index in [0.717, 1.165) is 16.7 Å². The molecule has 2 aromatic heterocycles. The minimum atomic E-state index is -0.603. The maximum Gasteiger partial charge on any atom is 0.339 e. The molecule has 0 fully saturated rings. The molecule has 0 radical (unpaired) electrons. The van der Waals surface area contributed by atoms with Crippen LogP contribution in [-0.2, 0) is 9.53 Å². The van der Waals surface area contributed by atoms with Gasteiger partial charge in [-0.15, -0.1) is 0 Å². The van der Waals surface area contributed by atoms with Crippen molar-refractivity contribution >= 4 is 40.2 Å². The molecule has 1 amide bonds. The summed E-state index contributed by atoms with van der Waals surface area (Å²) in [4.78, 5) is 33.8. The van der Waals surface area contributed by atoms with Crippen LogP contribution in [0.1, 0.15) is 21.5 Å². The Morgan fingerprint density at radius 3 is 2.59 bits per heavy atom. The van der Waals surface area contributed by atoms with Crippen molar-refractivity contribution in [1.29, 1.82) is 0 Å². The van der Waals surface area contributed by atoms with E-state index in [4.69, 9.17) is 21.3 Å². The van der Waals surface area contributed by atoms with Crippen LogP contribution < -0.4 is 5.32 Å². The van der Waals surface area contributed by atoms with Gasteiger partial charge in [0.15, 0.2) is 6.61 Å². The number of pyridine rings is 2. The molecule has 2 aromatic carbocycles. The Hall–Kier alpha value is -3.77. The first-order chi connectivity index (χ1) is 15.4. The number of esters is 1. The first-order valence-corrected chi connectivity index (χ1v) is 10.3. The van der Waals surface area contributed by atoms with E-state index >= 15 is 0 Å². The van der Waals surface area contributed by atoms with Gasteiger partial charge in [0, 0.05) is 17.1 Å². The third-order valence-corrected chi connectivity index (χ3v) is 5.15. The molecular weight excluding hydrogens is 426 g/mol. The molecule has 4 rings (SSSR count). The average molecular weight is 446 g/mol.